The number of likely N-dealkylation sites (N-methyl/N-ethyl adjacent to an activating group) is 1. The summed E-state index contributed by atoms with van der Waals surface area (Å²) in [5, 5.41) is 22.7. The smallest absolute Gasteiger partial charge is 0.305 e. The molecule has 0 radical (unpaired) electrons. The van der Waals surface area contributed by atoms with Crippen LogP contribution in [-0.4, -0.2) is 66.0 Å². The van der Waals surface area contributed by atoms with E-state index in [2.05, 4.69) is 27.1 Å². The first-order valence-electron chi connectivity index (χ1n) is 6.80. The number of nitrogens with one attached hydrogen (secondary N) is 1. The average Bonchev–Trinajstić information content (AvgIpc) is 2.49. The van der Waals surface area contributed by atoms with E-state index in [-0.39, 0.29) is 11.4 Å². The van der Waals surface area contributed by atoms with Crippen LogP contribution in [0.25, 0.3) is 0 Å². The molecule has 0 spiro atoms. The van der Waals surface area contributed by atoms with Gasteiger partial charge in [-0.15, -0.1) is 0 Å². The molecule has 2 heterocycles. The number of rotatable bonds is 5. The average molecular weight is 290 g/mol. The fourth-order valence-electron chi connectivity index (χ4n) is 2.19. The number of pyridine rings is 1. The van der Waals surface area contributed by atoms with Gasteiger partial charge in [0, 0.05) is 45.3 Å². The lowest BCUT2D eigenvalue weighted by molar-refractivity contribution is -0.385. The molecular formula is C13H18N6O2. The number of aromatic nitrogens is 1. The van der Waals surface area contributed by atoms with Crippen LogP contribution in [0.2, 0.25) is 0 Å². The standard InChI is InChI=1S/C13H18N6O2/c1-17-6-8-18(9-7-17)5-4-15-13-3-2-12(19(20)21)11(10-14)16-13/h2-3H,4-9H2,1H3,(H,15,16). The van der Waals surface area contributed by atoms with Gasteiger partial charge in [0.2, 0.25) is 5.69 Å². The Morgan fingerprint density at radius 1 is 1.43 bits per heavy atom. The van der Waals surface area contributed by atoms with E-state index in [1.807, 2.05) is 0 Å². The largest absolute Gasteiger partial charge is 0.369 e. The normalized spacial score (nSPS) is 16.4. The Balaban J connectivity index is 1.86. The van der Waals surface area contributed by atoms with E-state index in [4.69, 9.17) is 5.26 Å². The van der Waals surface area contributed by atoms with Crippen molar-refractivity contribution in [2.75, 3.05) is 51.6 Å². The third-order valence-electron chi connectivity index (χ3n) is 3.51. The molecule has 0 atom stereocenters. The molecule has 1 N–H and O–H groups in total. The van der Waals surface area contributed by atoms with Crippen molar-refractivity contribution in [3.8, 4) is 6.07 Å². The summed E-state index contributed by atoms with van der Waals surface area (Å²) in [6, 6.07) is 4.59. The van der Waals surface area contributed by atoms with Crippen molar-refractivity contribution in [3.05, 3.63) is 27.9 Å². The van der Waals surface area contributed by atoms with Crippen LogP contribution < -0.4 is 5.32 Å². The summed E-state index contributed by atoms with van der Waals surface area (Å²) in [7, 11) is 2.11. The van der Waals surface area contributed by atoms with Crippen LogP contribution in [0.15, 0.2) is 12.1 Å². The van der Waals surface area contributed by atoms with E-state index < -0.39 is 4.92 Å². The van der Waals surface area contributed by atoms with Crippen molar-refractivity contribution in [2.45, 2.75) is 0 Å². The van der Waals surface area contributed by atoms with Crippen LogP contribution in [0.1, 0.15) is 5.69 Å². The van der Waals surface area contributed by atoms with Gasteiger partial charge >= 0.3 is 5.69 Å². The van der Waals surface area contributed by atoms with E-state index >= 15 is 0 Å². The molecule has 1 aliphatic heterocycles. The van der Waals surface area contributed by atoms with E-state index in [1.54, 1.807) is 6.07 Å². The summed E-state index contributed by atoms with van der Waals surface area (Å²) in [5.74, 6) is 0.492. The number of nitro groups is 1. The number of nitriles is 1. The Bertz CT molecular complexity index is 548. The number of hydrogen-bond acceptors (Lipinski definition) is 7. The number of hydrogen-bond donors (Lipinski definition) is 1. The van der Waals surface area contributed by atoms with Crippen molar-refractivity contribution >= 4 is 11.5 Å². The van der Waals surface area contributed by atoms with E-state index in [0.717, 1.165) is 32.7 Å². The van der Waals surface area contributed by atoms with E-state index in [0.29, 0.717) is 12.4 Å². The van der Waals surface area contributed by atoms with Crippen molar-refractivity contribution < 1.29 is 4.92 Å². The predicted octanol–water partition coefficient (Wildman–Crippen LogP) is 0.521. The Hall–Kier alpha value is -2.24. The molecule has 1 aromatic rings. The molecule has 0 bridgehead atoms. The molecule has 0 saturated carbocycles. The molecule has 1 saturated heterocycles. The highest BCUT2D eigenvalue weighted by Crippen LogP contribution is 2.17. The summed E-state index contributed by atoms with van der Waals surface area (Å²) in [6.45, 7) is 5.78. The van der Waals surface area contributed by atoms with Crippen molar-refractivity contribution in [2.24, 2.45) is 0 Å². The lowest BCUT2D eigenvalue weighted by Gasteiger charge is -2.32. The third kappa shape index (κ3) is 4.11. The summed E-state index contributed by atoms with van der Waals surface area (Å²) in [6.07, 6.45) is 0. The van der Waals surface area contributed by atoms with Gasteiger partial charge < -0.3 is 10.2 Å². The maximum Gasteiger partial charge on any atom is 0.305 e. The molecule has 1 fully saturated rings. The van der Waals surface area contributed by atoms with Crippen LogP contribution in [0.3, 0.4) is 0 Å². The Morgan fingerprint density at radius 3 is 2.76 bits per heavy atom. The minimum atomic E-state index is -0.598. The lowest BCUT2D eigenvalue weighted by atomic mass is 10.3. The molecule has 8 heteroatoms. The van der Waals surface area contributed by atoms with Crippen LogP contribution in [0.5, 0.6) is 0 Å². The first-order chi connectivity index (χ1) is 10.1. The zero-order valence-corrected chi connectivity index (χ0v) is 11.9. The van der Waals surface area contributed by atoms with Gasteiger partial charge in [-0.2, -0.15) is 5.26 Å². The highest BCUT2D eigenvalue weighted by atomic mass is 16.6. The number of nitrogens with zero attached hydrogens (tertiary/aromatic N) is 5. The Kier molecular flexibility index (Phi) is 5.03. The monoisotopic (exact) mass is 290 g/mol. The maximum atomic E-state index is 10.7. The summed E-state index contributed by atoms with van der Waals surface area (Å²) < 4.78 is 0. The van der Waals surface area contributed by atoms with Gasteiger partial charge in [0.05, 0.1) is 4.92 Å². The number of piperazine rings is 1. The summed E-state index contributed by atoms with van der Waals surface area (Å²) >= 11 is 0. The molecule has 2 rings (SSSR count). The van der Waals surface area contributed by atoms with Gasteiger partial charge in [0.1, 0.15) is 11.9 Å². The molecular weight excluding hydrogens is 272 g/mol. The maximum absolute atomic E-state index is 10.7. The zero-order valence-electron chi connectivity index (χ0n) is 11.9. The molecule has 112 valence electrons. The van der Waals surface area contributed by atoms with Gasteiger partial charge in [0.15, 0.2) is 0 Å². The first-order valence-corrected chi connectivity index (χ1v) is 6.80. The van der Waals surface area contributed by atoms with Gasteiger partial charge in [-0.05, 0) is 13.1 Å². The zero-order chi connectivity index (χ0) is 15.2. The van der Waals surface area contributed by atoms with Crippen LogP contribution in [-0.2, 0) is 0 Å². The van der Waals surface area contributed by atoms with Crippen molar-refractivity contribution in [1.29, 1.82) is 5.26 Å². The van der Waals surface area contributed by atoms with Crippen LogP contribution in [0.4, 0.5) is 11.5 Å². The highest BCUT2D eigenvalue weighted by molar-refractivity contribution is 5.50. The van der Waals surface area contributed by atoms with Crippen LogP contribution in [0, 0.1) is 21.4 Å². The summed E-state index contributed by atoms with van der Waals surface area (Å²) in [4.78, 5) is 18.7. The fraction of sp³-hybridized carbons (Fsp3) is 0.538. The molecule has 0 aromatic carbocycles. The molecule has 0 unspecified atom stereocenters. The van der Waals surface area contributed by atoms with Crippen LogP contribution >= 0.6 is 0 Å². The summed E-state index contributed by atoms with van der Waals surface area (Å²) in [5.41, 5.74) is -0.424. The minimum Gasteiger partial charge on any atom is -0.369 e. The highest BCUT2D eigenvalue weighted by Gasteiger charge is 2.16. The fourth-order valence-corrected chi connectivity index (χ4v) is 2.19. The van der Waals surface area contributed by atoms with Crippen molar-refractivity contribution in [1.82, 2.24) is 14.8 Å². The van der Waals surface area contributed by atoms with Gasteiger partial charge in [-0.3, -0.25) is 15.0 Å². The molecule has 0 amide bonds. The van der Waals surface area contributed by atoms with Gasteiger partial charge in [-0.25, -0.2) is 4.98 Å². The van der Waals surface area contributed by atoms with E-state index in [1.165, 1.54) is 12.1 Å². The van der Waals surface area contributed by atoms with E-state index in [9.17, 15) is 10.1 Å². The molecule has 0 aliphatic carbocycles. The SMILES string of the molecule is CN1CCN(CCNc2ccc([N+](=O)[O-])c(C#N)n2)CC1. The quantitative estimate of drug-likeness (QED) is 0.623. The molecule has 1 aliphatic rings. The molecule has 8 nitrogen and oxygen atoms in total. The molecule has 21 heavy (non-hydrogen) atoms. The second-order valence-corrected chi connectivity index (χ2v) is 5.00. The third-order valence-corrected chi connectivity index (χ3v) is 3.51. The second-order valence-electron chi connectivity index (χ2n) is 5.00. The predicted molar refractivity (Wildman–Crippen MR) is 78.0 cm³/mol. The topological polar surface area (TPSA) is 98.3 Å². The van der Waals surface area contributed by atoms with Gasteiger partial charge in [-0.1, -0.05) is 0 Å². The molecule has 1 aromatic heterocycles. The number of anilines is 1. The lowest BCUT2D eigenvalue weighted by Crippen LogP contribution is -2.45. The Labute approximate surface area is 123 Å². The Morgan fingerprint density at radius 2 is 2.14 bits per heavy atom. The van der Waals surface area contributed by atoms with Gasteiger partial charge in [0.25, 0.3) is 0 Å². The first kappa shape index (κ1) is 15.2. The second kappa shape index (κ2) is 6.97. The van der Waals surface area contributed by atoms with Crippen molar-refractivity contribution in [3.63, 3.8) is 0 Å². The minimum absolute atomic E-state index is 0.162.